The van der Waals surface area contributed by atoms with Crippen LogP contribution in [0.1, 0.15) is 24.8 Å². The Labute approximate surface area is 148 Å². The molecule has 1 aromatic carbocycles. The van der Waals surface area contributed by atoms with Crippen LogP contribution in [0.5, 0.6) is 0 Å². The van der Waals surface area contributed by atoms with Gasteiger partial charge in [0.1, 0.15) is 17.2 Å². The highest BCUT2D eigenvalue weighted by Crippen LogP contribution is 2.42. The van der Waals surface area contributed by atoms with Crippen LogP contribution in [0.15, 0.2) is 24.3 Å². The summed E-state index contributed by atoms with van der Waals surface area (Å²) in [4.78, 5) is 36.7. The van der Waals surface area contributed by atoms with Crippen molar-refractivity contribution in [3.05, 3.63) is 35.6 Å². The largest absolute Gasteiger partial charge is 0.480 e. The van der Waals surface area contributed by atoms with E-state index in [1.54, 1.807) is 19.1 Å². The molecule has 5 nitrogen and oxygen atoms in total. The van der Waals surface area contributed by atoms with Crippen LogP contribution in [-0.4, -0.2) is 44.5 Å². The predicted molar refractivity (Wildman–Crippen MR) is 92.2 cm³/mol. The van der Waals surface area contributed by atoms with E-state index in [1.165, 1.54) is 35.7 Å². The molecular formula is C16H18FNO4S2. The third-order valence-corrected chi connectivity index (χ3v) is 6.05. The molecule has 8 heteroatoms. The van der Waals surface area contributed by atoms with Gasteiger partial charge in [0.05, 0.1) is 0 Å². The fourth-order valence-corrected chi connectivity index (χ4v) is 4.47. The van der Waals surface area contributed by atoms with Crippen molar-refractivity contribution in [1.29, 1.82) is 0 Å². The molecular weight excluding hydrogens is 353 g/mol. The van der Waals surface area contributed by atoms with Crippen LogP contribution >= 0.6 is 23.5 Å². The summed E-state index contributed by atoms with van der Waals surface area (Å²) in [6.45, 7) is 3.11. The van der Waals surface area contributed by atoms with Crippen molar-refractivity contribution in [2.75, 3.05) is 11.5 Å². The van der Waals surface area contributed by atoms with Crippen molar-refractivity contribution < 1.29 is 23.9 Å². The summed E-state index contributed by atoms with van der Waals surface area (Å²) in [6, 6.07) is 4.78. The first kappa shape index (κ1) is 18.8. The van der Waals surface area contributed by atoms with Crippen LogP contribution in [0.25, 0.3) is 0 Å². The molecule has 2 unspecified atom stereocenters. The maximum atomic E-state index is 13.1. The first-order valence-corrected chi connectivity index (χ1v) is 9.40. The molecule has 0 spiro atoms. The maximum Gasteiger partial charge on any atom is 0.327 e. The van der Waals surface area contributed by atoms with Gasteiger partial charge in [-0.25, -0.2) is 9.18 Å². The summed E-state index contributed by atoms with van der Waals surface area (Å²) in [5, 5.41) is 8.86. The van der Waals surface area contributed by atoms with E-state index in [0.29, 0.717) is 11.3 Å². The van der Waals surface area contributed by atoms with Crippen LogP contribution in [0.2, 0.25) is 0 Å². The van der Waals surface area contributed by atoms with Crippen molar-refractivity contribution in [3.63, 3.8) is 0 Å². The summed E-state index contributed by atoms with van der Waals surface area (Å²) in [7, 11) is 0. The molecule has 1 fully saturated rings. The van der Waals surface area contributed by atoms with Gasteiger partial charge in [0.25, 0.3) is 0 Å². The number of amides is 1. The van der Waals surface area contributed by atoms with E-state index in [-0.39, 0.29) is 22.6 Å². The molecule has 0 saturated carbocycles. The molecule has 1 aliphatic heterocycles. The topological polar surface area (TPSA) is 74.7 Å². The number of nitrogens with zero attached hydrogens (tertiary/aromatic N) is 1. The third-order valence-electron chi connectivity index (χ3n) is 3.65. The van der Waals surface area contributed by atoms with Crippen molar-refractivity contribution in [2.24, 2.45) is 5.92 Å². The Morgan fingerprint density at radius 1 is 1.38 bits per heavy atom. The minimum atomic E-state index is -1.06. The van der Waals surface area contributed by atoms with E-state index in [2.05, 4.69) is 0 Å². The lowest BCUT2D eigenvalue weighted by molar-refractivity contribution is -0.150. The SMILES string of the molecule is CC(=O)SCC(C)C(=O)N1C(c2ccc(F)cc2)SC[C@H]1C(=O)O. The highest BCUT2D eigenvalue weighted by atomic mass is 32.2. The summed E-state index contributed by atoms with van der Waals surface area (Å²) < 4.78 is 13.1. The fraction of sp³-hybridized carbons (Fsp3) is 0.438. The molecule has 1 saturated heterocycles. The van der Waals surface area contributed by atoms with Gasteiger partial charge in [0.2, 0.25) is 5.91 Å². The summed E-state index contributed by atoms with van der Waals surface area (Å²) >= 11 is 2.39. The van der Waals surface area contributed by atoms with E-state index in [4.69, 9.17) is 0 Å². The first-order chi connectivity index (χ1) is 11.3. The number of aliphatic carboxylic acids is 1. The molecule has 1 N–H and O–H groups in total. The molecule has 130 valence electrons. The molecule has 1 amide bonds. The number of benzene rings is 1. The Morgan fingerprint density at radius 2 is 2.00 bits per heavy atom. The van der Waals surface area contributed by atoms with Crippen molar-refractivity contribution in [1.82, 2.24) is 4.90 Å². The van der Waals surface area contributed by atoms with E-state index >= 15 is 0 Å². The first-order valence-electron chi connectivity index (χ1n) is 7.36. The number of hydrogen-bond donors (Lipinski definition) is 1. The van der Waals surface area contributed by atoms with Gasteiger partial charge in [-0.05, 0) is 17.7 Å². The second kappa shape index (κ2) is 8.02. The van der Waals surface area contributed by atoms with Crippen LogP contribution < -0.4 is 0 Å². The minimum absolute atomic E-state index is 0.0877. The summed E-state index contributed by atoms with van der Waals surface area (Å²) in [6.07, 6.45) is 0. The number of hydrogen-bond acceptors (Lipinski definition) is 5. The second-order valence-corrected chi connectivity index (χ2v) is 7.85. The third kappa shape index (κ3) is 4.30. The Kier molecular flexibility index (Phi) is 6.28. The van der Waals surface area contributed by atoms with Gasteiger partial charge in [0, 0.05) is 24.3 Å². The molecule has 3 atom stereocenters. The zero-order valence-corrected chi connectivity index (χ0v) is 14.9. The standard InChI is InChI=1S/C16H18FNO4S2/c1-9(7-23-10(2)19)14(20)18-13(16(21)22)8-24-15(18)11-3-5-12(17)6-4-11/h3-6,9,13,15H,7-8H2,1-2H3,(H,21,22)/t9?,13-,15?/m0/s1. The maximum absolute atomic E-state index is 13.1. The fourth-order valence-electron chi connectivity index (χ4n) is 2.42. The smallest absolute Gasteiger partial charge is 0.327 e. The molecule has 1 aliphatic rings. The van der Waals surface area contributed by atoms with Crippen molar-refractivity contribution in [3.8, 4) is 0 Å². The van der Waals surface area contributed by atoms with E-state index in [9.17, 15) is 23.9 Å². The van der Waals surface area contributed by atoms with Gasteiger partial charge >= 0.3 is 5.97 Å². The van der Waals surface area contributed by atoms with E-state index in [1.807, 2.05) is 0 Å². The predicted octanol–water partition coefficient (Wildman–Crippen LogP) is 2.77. The second-order valence-electron chi connectivity index (χ2n) is 5.54. The Morgan fingerprint density at radius 3 is 2.54 bits per heavy atom. The van der Waals surface area contributed by atoms with Gasteiger partial charge < -0.3 is 10.0 Å². The Balaban J connectivity index is 2.24. The van der Waals surface area contributed by atoms with E-state index < -0.39 is 23.3 Å². The van der Waals surface area contributed by atoms with Crippen molar-refractivity contribution >= 4 is 40.5 Å². The van der Waals surface area contributed by atoms with Gasteiger partial charge in [-0.3, -0.25) is 9.59 Å². The van der Waals surface area contributed by atoms with Gasteiger partial charge in [-0.1, -0.05) is 30.8 Å². The number of rotatable bonds is 5. The van der Waals surface area contributed by atoms with Crippen LogP contribution in [0.4, 0.5) is 4.39 Å². The molecule has 2 rings (SSSR count). The van der Waals surface area contributed by atoms with Gasteiger partial charge in [-0.2, -0.15) is 0 Å². The zero-order valence-electron chi connectivity index (χ0n) is 13.3. The quantitative estimate of drug-likeness (QED) is 0.858. The van der Waals surface area contributed by atoms with Crippen molar-refractivity contribution in [2.45, 2.75) is 25.3 Å². The molecule has 0 aliphatic carbocycles. The lowest BCUT2D eigenvalue weighted by Crippen LogP contribution is -2.45. The molecule has 1 heterocycles. The van der Waals surface area contributed by atoms with Crippen LogP contribution in [-0.2, 0) is 14.4 Å². The lowest BCUT2D eigenvalue weighted by Gasteiger charge is -2.30. The number of halogens is 1. The normalized spacial score (nSPS) is 21.5. The minimum Gasteiger partial charge on any atom is -0.480 e. The lowest BCUT2D eigenvalue weighted by atomic mass is 10.1. The molecule has 1 aromatic rings. The Bertz CT molecular complexity index is 637. The molecule has 0 bridgehead atoms. The Hall–Kier alpha value is -1.54. The molecule has 24 heavy (non-hydrogen) atoms. The van der Waals surface area contributed by atoms with E-state index in [0.717, 1.165) is 11.8 Å². The molecule has 0 aromatic heterocycles. The van der Waals surface area contributed by atoms with Crippen LogP contribution in [0, 0.1) is 11.7 Å². The zero-order chi connectivity index (χ0) is 17.9. The highest BCUT2D eigenvalue weighted by molar-refractivity contribution is 8.13. The highest BCUT2D eigenvalue weighted by Gasteiger charge is 2.43. The number of carboxylic acid groups (broad SMARTS) is 1. The summed E-state index contributed by atoms with van der Waals surface area (Å²) in [5.41, 5.74) is 0.685. The van der Waals surface area contributed by atoms with Crippen LogP contribution in [0.3, 0.4) is 0 Å². The molecule has 0 radical (unpaired) electrons. The van der Waals surface area contributed by atoms with Gasteiger partial charge in [-0.15, -0.1) is 11.8 Å². The summed E-state index contributed by atoms with van der Waals surface area (Å²) in [5.74, 6) is -1.67. The average Bonchev–Trinajstić information content (AvgIpc) is 2.97. The number of carbonyl (C=O) groups excluding carboxylic acids is 2. The monoisotopic (exact) mass is 371 g/mol. The number of carbonyl (C=O) groups is 3. The number of carboxylic acids is 1. The number of thioether (sulfide) groups is 2. The van der Waals surface area contributed by atoms with Gasteiger partial charge in [0.15, 0.2) is 5.12 Å². The average molecular weight is 371 g/mol.